The third kappa shape index (κ3) is 4.10. The summed E-state index contributed by atoms with van der Waals surface area (Å²) in [6, 6.07) is 7.83. The molecule has 2 aromatic rings. The Morgan fingerprint density at radius 3 is 2.87 bits per heavy atom. The lowest BCUT2D eigenvalue weighted by molar-refractivity contribution is -0.929. The minimum atomic E-state index is 0.802. The number of ether oxygens (including phenoxy) is 1. The van der Waals surface area contributed by atoms with Crippen LogP contribution in [0, 0.1) is 9.87 Å². The van der Waals surface area contributed by atoms with Crippen molar-refractivity contribution in [2.24, 2.45) is 5.92 Å². The Balaban J connectivity index is 1.70. The highest BCUT2D eigenvalue weighted by atomic mass is 32.1. The molecule has 1 saturated heterocycles. The van der Waals surface area contributed by atoms with Crippen molar-refractivity contribution >= 4 is 34.4 Å². The van der Waals surface area contributed by atoms with E-state index in [4.69, 9.17) is 17.0 Å². The summed E-state index contributed by atoms with van der Waals surface area (Å²) in [4.78, 5) is 1.56. The van der Waals surface area contributed by atoms with Crippen LogP contribution in [0.1, 0.15) is 19.8 Å². The van der Waals surface area contributed by atoms with Gasteiger partial charge in [0.1, 0.15) is 5.75 Å². The zero-order valence-corrected chi connectivity index (χ0v) is 15.2. The molecule has 0 aliphatic carbocycles. The summed E-state index contributed by atoms with van der Waals surface area (Å²) in [6.45, 7) is 5.60. The number of nitrogens with zero attached hydrogens (tertiary/aromatic N) is 2. The molecule has 0 amide bonds. The molecule has 0 unspecified atom stereocenters. The number of anilines is 2. The minimum Gasteiger partial charge on any atom is -0.495 e. The summed E-state index contributed by atoms with van der Waals surface area (Å²) in [5, 5.41) is 8.76. The van der Waals surface area contributed by atoms with Crippen LogP contribution < -0.4 is 15.0 Å². The predicted molar refractivity (Wildman–Crippen MR) is 96.3 cm³/mol. The molecule has 7 heteroatoms. The zero-order chi connectivity index (χ0) is 16.2. The fourth-order valence-corrected chi connectivity index (χ4v) is 3.88. The van der Waals surface area contributed by atoms with Gasteiger partial charge >= 0.3 is 0 Å². The van der Waals surface area contributed by atoms with Crippen LogP contribution in [0.15, 0.2) is 24.3 Å². The highest BCUT2D eigenvalue weighted by Crippen LogP contribution is 2.28. The summed E-state index contributed by atoms with van der Waals surface area (Å²) in [7, 11) is 1.67. The highest BCUT2D eigenvalue weighted by molar-refractivity contribution is 7.73. The average molecular weight is 352 g/mol. The van der Waals surface area contributed by atoms with Gasteiger partial charge in [-0.05, 0) is 43.1 Å². The maximum atomic E-state index is 5.48. The number of hydrogen-bond acceptors (Lipinski definition) is 5. The molecule has 0 bridgehead atoms. The molecule has 0 radical (unpaired) electrons. The zero-order valence-electron chi connectivity index (χ0n) is 13.5. The van der Waals surface area contributed by atoms with Crippen LogP contribution in [-0.4, -0.2) is 30.0 Å². The monoisotopic (exact) mass is 351 g/mol. The minimum absolute atomic E-state index is 0.802. The molecule has 2 N–H and O–H groups in total. The number of rotatable bonds is 5. The molecule has 1 fully saturated rings. The molecular weight excluding hydrogens is 328 g/mol. The van der Waals surface area contributed by atoms with Crippen LogP contribution in [-0.2, 0) is 6.67 Å². The predicted octanol–water partition coefficient (Wildman–Crippen LogP) is 2.70. The fourth-order valence-electron chi connectivity index (χ4n) is 2.86. The largest absolute Gasteiger partial charge is 0.495 e. The molecule has 124 valence electrons. The third-order valence-corrected chi connectivity index (χ3v) is 5.53. The van der Waals surface area contributed by atoms with E-state index in [-0.39, 0.29) is 0 Å². The summed E-state index contributed by atoms with van der Waals surface area (Å²) < 4.78 is 8.12. The second-order valence-corrected chi connectivity index (χ2v) is 7.71. The molecule has 5 nitrogen and oxygen atoms in total. The first-order valence-electron chi connectivity index (χ1n) is 7.97. The quantitative estimate of drug-likeness (QED) is 0.813. The van der Waals surface area contributed by atoms with Crippen molar-refractivity contribution in [1.29, 1.82) is 0 Å². The maximum absolute atomic E-state index is 5.48. The Kier molecular flexibility index (Phi) is 5.30. The second kappa shape index (κ2) is 7.42. The molecule has 0 saturated carbocycles. The van der Waals surface area contributed by atoms with Crippen LogP contribution in [0.5, 0.6) is 5.75 Å². The molecule has 1 aliphatic rings. The molecular formula is C16H23N4OS2+. The van der Waals surface area contributed by atoms with E-state index in [1.165, 1.54) is 37.3 Å². The molecule has 0 spiro atoms. The number of aromatic nitrogens is 2. The first kappa shape index (κ1) is 16.4. The van der Waals surface area contributed by atoms with Crippen molar-refractivity contribution < 1.29 is 9.64 Å². The number of hydrogen-bond donors (Lipinski definition) is 2. The molecule has 1 aromatic heterocycles. The van der Waals surface area contributed by atoms with Crippen molar-refractivity contribution in [2.45, 2.75) is 26.4 Å². The van der Waals surface area contributed by atoms with Gasteiger partial charge in [0.25, 0.3) is 0 Å². The first-order chi connectivity index (χ1) is 11.2. The third-order valence-electron chi connectivity index (χ3n) is 4.31. The molecule has 1 aliphatic heterocycles. The van der Waals surface area contributed by atoms with Gasteiger partial charge in [0.2, 0.25) is 5.13 Å². The van der Waals surface area contributed by atoms with Gasteiger partial charge in [0.05, 0.1) is 25.9 Å². The van der Waals surface area contributed by atoms with E-state index in [0.717, 1.165) is 33.1 Å². The Morgan fingerprint density at radius 2 is 2.13 bits per heavy atom. The smallest absolute Gasteiger partial charge is 0.209 e. The lowest BCUT2D eigenvalue weighted by Crippen LogP contribution is -3.12. The van der Waals surface area contributed by atoms with E-state index in [9.17, 15) is 0 Å². The standard InChI is InChI=1S/C16H22N4OS2/c1-12-7-9-19(10-8-12)11-20-16(22)23-15(18-20)17-13-5-3-4-6-14(13)21-2/h3-6,12H,7-11H2,1-2H3,(H,17,18)/p+1. The Hall–Kier alpha value is -1.44. The Bertz CT molecular complexity index is 704. The van der Waals surface area contributed by atoms with Crippen LogP contribution in [0.3, 0.4) is 0 Å². The summed E-state index contributed by atoms with van der Waals surface area (Å²) in [6.07, 6.45) is 2.58. The number of likely N-dealkylation sites (tertiary alicyclic amines) is 1. The molecule has 1 aromatic carbocycles. The SMILES string of the molecule is COc1ccccc1Nc1nn(C[NH+]2CCC(C)CC2)c(=S)s1. The normalized spacial score (nSPS) is 21.1. The van der Waals surface area contributed by atoms with E-state index in [1.54, 1.807) is 12.0 Å². The summed E-state index contributed by atoms with van der Waals surface area (Å²) >= 11 is 6.98. The lowest BCUT2D eigenvalue weighted by Gasteiger charge is -2.26. The average Bonchev–Trinajstić information content (AvgIpc) is 2.89. The van der Waals surface area contributed by atoms with E-state index < -0.39 is 0 Å². The first-order valence-corrected chi connectivity index (χ1v) is 9.19. The van der Waals surface area contributed by atoms with E-state index in [2.05, 4.69) is 17.3 Å². The molecule has 0 atom stereocenters. The van der Waals surface area contributed by atoms with Crippen molar-refractivity contribution in [1.82, 2.24) is 9.78 Å². The lowest BCUT2D eigenvalue weighted by atomic mass is 10.00. The van der Waals surface area contributed by atoms with Gasteiger partial charge < -0.3 is 15.0 Å². The van der Waals surface area contributed by atoms with Gasteiger partial charge in [-0.15, -0.1) is 5.10 Å². The number of piperidine rings is 1. The van der Waals surface area contributed by atoms with Crippen LogP contribution in [0.2, 0.25) is 0 Å². The topological polar surface area (TPSA) is 43.5 Å². The number of quaternary nitrogens is 1. The van der Waals surface area contributed by atoms with Gasteiger partial charge in [0, 0.05) is 0 Å². The molecule has 3 rings (SSSR count). The maximum Gasteiger partial charge on any atom is 0.209 e. The molecule has 23 heavy (non-hydrogen) atoms. The second-order valence-electron chi connectivity index (χ2n) is 6.09. The van der Waals surface area contributed by atoms with E-state index in [0.29, 0.717) is 0 Å². The van der Waals surface area contributed by atoms with Crippen molar-refractivity contribution in [3.8, 4) is 5.75 Å². The van der Waals surface area contributed by atoms with Crippen LogP contribution in [0.4, 0.5) is 10.8 Å². The van der Waals surface area contributed by atoms with Crippen molar-refractivity contribution in [2.75, 3.05) is 25.5 Å². The number of methoxy groups -OCH3 is 1. The van der Waals surface area contributed by atoms with Crippen LogP contribution in [0.25, 0.3) is 0 Å². The van der Waals surface area contributed by atoms with Crippen molar-refractivity contribution in [3.63, 3.8) is 0 Å². The number of nitrogens with one attached hydrogen (secondary N) is 2. The van der Waals surface area contributed by atoms with Gasteiger partial charge in [-0.25, -0.2) is 0 Å². The Labute approximate surface area is 145 Å². The van der Waals surface area contributed by atoms with Gasteiger partial charge in [0.15, 0.2) is 10.6 Å². The Morgan fingerprint density at radius 1 is 1.39 bits per heavy atom. The summed E-state index contributed by atoms with van der Waals surface area (Å²) in [5.41, 5.74) is 0.907. The highest BCUT2D eigenvalue weighted by Gasteiger charge is 2.20. The van der Waals surface area contributed by atoms with E-state index >= 15 is 0 Å². The molecule has 2 heterocycles. The van der Waals surface area contributed by atoms with Gasteiger partial charge in [-0.2, -0.15) is 4.68 Å². The van der Waals surface area contributed by atoms with Gasteiger partial charge in [-0.3, -0.25) is 0 Å². The van der Waals surface area contributed by atoms with E-state index in [1.807, 2.05) is 28.9 Å². The van der Waals surface area contributed by atoms with Gasteiger partial charge in [-0.1, -0.05) is 30.4 Å². The fraction of sp³-hybridized carbons (Fsp3) is 0.500. The number of para-hydroxylation sites is 2. The summed E-state index contributed by atoms with van der Waals surface area (Å²) in [5.74, 6) is 1.65. The van der Waals surface area contributed by atoms with Crippen LogP contribution >= 0.6 is 23.6 Å². The number of benzene rings is 1. The van der Waals surface area contributed by atoms with Crippen molar-refractivity contribution in [3.05, 3.63) is 28.2 Å².